The molecule has 0 N–H and O–H groups in total. The molecule has 2 radical (unpaired) electrons. The lowest BCUT2D eigenvalue weighted by Crippen LogP contribution is -1.90. The number of hydrogen-bond acceptors (Lipinski definition) is 1. The zero-order valence-corrected chi connectivity index (χ0v) is 7.99. The predicted molar refractivity (Wildman–Crippen MR) is 52.9 cm³/mol. The van der Waals surface area contributed by atoms with Crippen LogP contribution in [0.3, 0.4) is 0 Å². The van der Waals surface area contributed by atoms with Gasteiger partial charge in [0.2, 0.25) is 0 Å². The van der Waals surface area contributed by atoms with Crippen molar-refractivity contribution >= 4 is 0 Å². The highest BCUT2D eigenvalue weighted by molar-refractivity contribution is 5.28. The molecule has 0 aromatic heterocycles. The monoisotopic (exact) mass is 177 g/mol. The van der Waals surface area contributed by atoms with Crippen molar-refractivity contribution in [1.82, 2.24) is 5.73 Å². The molecule has 2 nitrogen and oxygen atoms in total. The molecule has 0 aliphatic rings. The van der Waals surface area contributed by atoms with E-state index in [9.17, 15) is 0 Å². The van der Waals surface area contributed by atoms with Crippen LogP contribution >= 0.6 is 0 Å². The molecular formula is C11H15NO. The van der Waals surface area contributed by atoms with Gasteiger partial charge in [-0.3, -0.25) is 0 Å². The molecule has 0 heterocycles. The van der Waals surface area contributed by atoms with Crippen LogP contribution in [0.25, 0.3) is 0 Å². The quantitative estimate of drug-likeness (QED) is 0.633. The molecule has 0 saturated carbocycles. The first-order valence-corrected chi connectivity index (χ1v) is 4.60. The number of hydrogen-bond donors (Lipinski definition) is 0. The van der Waals surface area contributed by atoms with Gasteiger partial charge in [0.25, 0.3) is 0 Å². The molecular weight excluding hydrogens is 162 g/mol. The van der Waals surface area contributed by atoms with Crippen molar-refractivity contribution in [1.29, 1.82) is 0 Å². The zero-order valence-electron chi connectivity index (χ0n) is 7.99. The van der Waals surface area contributed by atoms with E-state index in [-0.39, 0.29) is 6.54 Å². The van der Waals surface area contributed by atoms with E-state index in [4.69, 9.17) is 10.5 Å². The summed E-state index contributed by atoms with van der Waals surface area (Å²) in [7, 11) is 1.67. The number of methoxy groups -OCH3 is 1. The van der Waals surface area contributed by atoms with Crippen LogP contribution < -0.4 is 10.5 Å². The summed E-state index contributed by atoms with van der Waals surface area (Å²) in [4.78, 5) is 0. The molecule has 0 spiro atoms. The molecule has 13 heavy (non-hydrogen) atoms. The minimum atomic E-state index is 0.282. The van der Waals surface area contributed by atoms with E-state index in [2.05, 4.69) is 6.07 Å². The Labute approximate surface area is 79.7 Å². The second kappa shape index (κ2) is 5.60. The normalized spacial score (nSPS) is 10.0. The molecule has 0 atom stereocenters. The lowest BCUT2D eigenvalue weighted by Gasteiger charge is -2.03. The van der Waals surface area contributed by atoms with Gasteiger partial charge in [-0.2, -0.15) is 0 Å². The van der Waals surface area contributed by atoms with E-state index in [1.54, 1.807) is 7.11 Å². The van der Waals surface area contributed by atoms with Gasteiger partial charge in [0.05, 0.1) is 7.11 Å². The van der Waals surface area contributed by atoms with E-state index < -0.39 is 0 Å². The summed E-state index contributed by atoms with van der Waals surface area (Å²) in [5.74, 6) is 0.904. The lowest BCUT2D eigenvalue weighted by molar-refractivity contribution is 0.414. The summed E-state index contributed by atoms with van der Waals surface area (Å²) in [6, 6.07) is 8.06. The van der Waals surface area contributed by atoms with Crippen LogP contribution in [0.15, 0.2) is 24.3 Å². The van der Waals surface area contributed by atoms with Gasteiger partial charge in [-0.1, -0.05) is 12.1 Å². The SMILES string of the molecule is COc1cccc(CCCC[N])c1. The maximum Gasteiger partial charge on any atom is 0.119 e. The number of rotatable bonds is 5. The van der Waals surface area contributed by atoms with Gasteiger partial charge < -0.3 is 4.74 Å². The number of nitrogens with zero attached hydrogens (tertiary/aromatic N) is 1. The topological polar surface area (TPSA) is 31.5 Å². The Morgan fingerprint density at radius 2 is 2.15 bits per heavy atom. The molecule has 0 saturated heterocycles. The maximum absolute atomic E-state index is 8.62. The minimum Gasteiger partial charge on any atom is -0.497 e. The van der Waals surface area contributed by atoms with Crippen molar-refractivity contribution < 1.29 is 4.74 Å². The Balaban J connectivity index is 2.46. The summed E-state index contributed by atoms with van der Waals surface area (Å²) < 4.78 is 5.11. The summed E-state index contributed by atoms with van der Waals surface area (Å²) in [6.45, 7) is 0.282. The Kier molecular flexibility index (Phi) is 4.33. The Morgan fingerprint density at radius 3 is 2.85 bits per heavy atom. The molecule has 1 rings (SSSR count). The van der Waals surface area contributed by atoms with Gasteiger partial charge >= 0.3 is 0 Å². The van der Waals surface area contributed by atoms with Gasteiger partial charge in [-0.25, -0.2) is 0 Å². The van der Waals surface area contributed by atoms with Crippen molar-refractivity contribution in [2.24, 2.45) is 0 Å². The fraction of sp³-hybridized carbons (Fsp3) is 0.455. The first-order valence-electron chi connectivity index (χ1n) is 4.60. The number of unbranched alkanes of at least 4 members (excludes halogenated alkanes) is 1. The smallest absolute Gasteiger partial charge is 0.119 e. The predicted octanol–water partition coefficient (Wildman–Crippen LogP) is 2.09. The van der Waals surface area contributed by atoms with E-state index in [0.29, 0.717) is 0 Å². The summed E-state index contributed by atoms with van der Waals surface area (Å²) in [5.41, 5.74) is 9.89. The molecule has 0 fully saturated rings. The summed E-state index contributed by atoms with van der Waals surface area (Å²) in [6.07, 6.45) is 2.92. The van der Waals surface area contributed by atoms with Crippen LogP contribution in [-0.2, 0) is 6.42 Å². The molecule has 0 aliphatic carbocycles. The average Bonchev–Trinajstić information content (AvgIpc) is 2.19. The molecule has 1 aromatic carbocycles. The molecule has 70 valence electrons. The largest absolute Gasteiger partial charge is 0.497 e. The minimum absolute atomic E-state index is 0.282. The number of aryl methyl sites for hydroxylation is 1. The molecule has 0 unspecified atom stereocenters. The third kappa shape index (κ3) is 3.47. The van der Waals surface area contributed by atoms with Crippen LogP contribution in [0, 0.1) is 0 Å². The van der Waals surface area contributed by atoms with Crippen LogP contribution in [0.2, 0.25) is 0 Å². The van der Waals surface area contributed by atoms with Crippen LogP contribution in [0.5, 0.6) is 5.75 Å². The Morgan fingerprint density at radius 1 is 1.31 bits per heavy atom. The third-order valence-electron chi connectivity index (χ3n) is 2.01. The van der Waals surface area contributed by atoms with Crippen LogP contribution in [0.4, 0.5) is 0 Å². The molecule has 0 bridgehead atoms. The number of benzene rings is 1. The van der Waals surface area contributed by atoms with Crippen LogP contribution in [-0.4, -0.2) is 13.7 Å². The second-order valence-corrected chi connectivity index (χ2v) is 3.03. The third-order valence-corrected chi connectivity index (χ3v) is 2.01. The van der Waals surface area contributed by atoms with E-state index >= 15 is 0 Å². The van der Waals surface area contributed by atoms with Crippen LogP contribution in [0.1, 0.15) is 18.4 Å². The highest BCUT2D eigenvalue weighted by Crippen LogP contribution is 2.14. The first kappa shape index (κ1) is 10.1. The maximum atomic E-state index is 8.62. The molecule has 0 amide bonds. The van der Waals surface area contributed by atoms with Gasteiger partial charge in [-0.15, -0.1) is 5.73 Å². The van der Waals surface area contributed by atoms with Gasteiger partial charge in [0.1, 0.15) is 5.75 Å². The zero-order chi connectivity index (χ0) is 9.52. The molecule has 2 heteroatoms. The molecule has 1 aromatic rings. The standard InChI is InChI=1S/C11H15NO/c1-13-11-7-4-6-10(9-11)5-2-3-8-12/h4,6-7,9H,2-3,5,8H2,1H3. The summed E-state index contributed by atoms with van der Waals surface area (Å²) in [5, 5.41) is 0. The van der Waals surface area contributed by atoms with Crippen molar-refractivity contribution in [2.75, 3.05) is 13.7 Å². The first-order chi connectivity index (χ1) is 6.36. The van der Waals surface area contributed by atoms with Gasteiger partial charge in [-0.05, 0) is 37.0 Å². The highest BCUT2D eigenvalue weighted by atomic mass is 16.5. The second-order valence-electron chi connectivity index (χ2n) is 3.03. The highest BCUT2D eigenvalue weighted by Gasteiger charge is 1.95. The number of ether oxygens (including phenoxy) is 1. The summed E-state index contributed by atoms with van der Waals surface area (Å²) >= 11 is 0. The molecule has 0 aliphatic heterocycles. The Hall–Kier alpha value is -1.02. The lowest BCUT2D eigenvalue weighted by atomic mass is 10.1. The van der Waals surface area contributed by atoms with E-state index in [1.807, 2.05) is 18.2 Å². The van der Waals surface area contributed by atoms with E-state index in [0.717, 1.165) is 25.0 Å². The average molecular weight is 177 g/mol. The van der Waals surface area contributed by atoms with Crippen molar-refractivity contribution in [2.45, 2.75) is 19.3 Å². The Bertz CT molecular complexity index is 248. The fourth-order valence-corrected chi connectivity index (χ4v) is 1.27. The van der Waals surface area contributed by atoms with Crippen molar-refractivity contribution in [3.63, 3.8) is 0 Å². The van der Waals surface area contributed by atoms with Crippen molar-refractivity contribution in [3.8, 4) is 5.75 Å². The van der Waals surface area contributed by atoms with E-state index in [1.165, 1.54) is 5.56 Å². The van der Waals surface area contributed by atoms with Gasteiger partial charge in [0, 0.05) is 6.54 Å². The fourth-order valence-electron chi connectivity index (χ4n) is 1.27. The van der Waals surface area contributed by atoms with Crippen molar-refractivity contribution in [3.05, 3.63) is 29.8 Å². The van der Waals surface area contributed by atoms with Gasteiger partial charge in [0.15, 0.2) is 0 Å².